The molecule has 3 aliphatic heterocycles. The first kappa shape index (κ1) is 21.3. The summed E-state index contributed by atoms with van der Waals surface area (Å²) < 4.78 is 5.41. The van der Waals surface area contributed by atoms with Crippen molar-refractivity contribution in [3.63, 3.8) is 0 Å². The number of amides is 3. The number of benzene rings is 1. The largest absolute Gasteiger partial charge is 0.378 e. The van der Waals surface area contributed by atoms with Gasteiger partial charge in [-0.3, -0.25) is 19.3 Å². The van der Waals surface area contributed by atoms with E-state index in [9.17, 15) is 14.4 Å². The van der Waals surface area contributed by atoms with Crippen LogP contribution in [0.25, 0.3) is 0 Å². The zero-order valence-electron chi connectivity index (χ0n) is 18.5. The maximum absolute atomic E-state index is 13.2. The highest BCUT2D eigenvalue weighted by Crippen LogP contribution is 2.26. The molecule has 0 saturated carbocycles. The Kier molecular flexibility index (Phi) is 5.67. The Labute approximate surface area is 191 Å². The summed E-state index contributed by atoms with van der Waals surface area (Å²) in [5, 5.41) is 8.43. The topological polar surface area (TPSA) is 99.2 Å². The van der Waals surface area contributed by atoms with Gasteiger partial charge >= 0.3 is 0 Å². The van der Waals surface area contributed by atoms with Gasteiger partial charge in [0.1, 0.15) is 6.04 Å². The summed E-state index contributed by atoms with van der Waals surface area (Å²) >= 11 is 0. The summed E-state index contributed by atoms with van der Waals surface area (Å²) in [5.41, 5.74) is 1.67. The van der Waals surface area contributed by atoms with Gasteiger partial charge in [0.25, 0.3) is 11.8 Å². The summed E-state index contributed by atoms with van der Waals surface area (Å²) in [6.07, 6.45) is 1.74. The Morgan fingerprint density at radius 1 is 0.939 bits per heavy atom. The molecule has 33 heavy (non-hydrogen) atoms. The summed E-state index contributed by atoms with van der Waals surface area (Å²) in [6.45, 7) is 6.83. The Hall–Kier alpha value is -3.53. The number of ether oxygens (including phenoxy) is 1. The van der Waals surface area contributed by atoms with E-state index in [1.54, 1.807) is 42.3 Å². The number of carbonyl (C=O) groups excluding carboxylic acids is 3. The molecular weight excluding hydrogens is 424 g/mol. The van der Waals surface area contributed by atoms with E-state index in [0.717, 1.165) is 29.5 Å². The molecule has 0 spiro atoms. The summed E-state index contributed by atoms with van der Waals surface area (Å²) in [7, 11) is 0. The van der Waals surface area contributed by atoms with E-state index in [1.807, 2.05) is 6.07 Å². The molecule has 0 aliphatic carbocycles. The van der Waals surface area contributed by atoms with Crippen LogP contribution >= 0.6 is 0 Å². The third-order valence-electron chi connectivity index (χ3n) is 6.49. The van der Waals surface area contributed by atoms with Crippen LogP contribution in [0.2, 0.25) is 0 Å². The molecule has 1 aromatic carbocycles. The monoisotopic (exact) mass is 450 g/mol. The highest BCUT2D eigenvalue weighted by molar-refractivity contribution is 6.22. The van der Waals surface area contributed by atoms with E-state index in [-0.39, 0.29) is 5.91 Å². The van der Waals surface area contributed by atoms with Gasteiger partial charge in [0.05, 0.1) is 36.2 Å². The van der Waals surface area contributed by atoms with E-state index in [4.69, 9.17) is 4.74 Å². The van der Waals surface area contributed by atoms with E-state index in [1.165, 1.54) is 0 Å². The Morgan fingerprint density at radius 2 is 1.58 bits per heavy atom. The van der Waals surface area contributed by atoms with Crippen LogP contribution in [0.15, 0.2) is 36.5 Å². The quantitative estimate of drug-likeness (QED) is 0.626. The first-order valence-electron chi connectivity index (χ1n) is 11.2. The zero-order valence-corrected chi connectivity index (χ0v) is 18.5. The molecule has 0 bridgehead atoms. The van der Waals surface area contributed by atoms with Gasteiger partial charge in [0.15, 0.2) is 5.82 Å². The van der Waals surface area contributed by atoms with Crippen LogP contribution in [0.3, 0.4) is 0 Å². The highest BCUT2D eigenvalue weighted by atomic mass is 16.5. The fraction of sp³-hybridized carbons (Fsp3) is 0.435. The molecule has 3 aliphatic rings. The fourth-order valence-electron chi connectivity index (χ4n) is 4.58. The van der Waals surface area contributed by atoms with Crippen LogP contribution in [0.5, 0.6) is 0 Å². The maximum atomic E-state index is 13.2. The number of anilines is 2. The second kappa shape index (κ2) is 8.78. The number of imide groups is 1. The Bertz CT molecular complexity index is 1040. The zero-order chi connectivity index (χ0) is 22.9. The minimum atomic E-state index is -0.848. The average molecular weight is 450 g/mol. The lowest BCUT2D eigenvalue weighted by Gasteiger charge is -2.38. The first-order valence-corrected chi connectivity index (χ1v) is 11.2. The molecule has 3 amide bonds. The number of rotatable bonds is 4. The molecule has 172 valence electrons. The number of piperazine rings is 1. The number of aromatic nitrogens is 2. The molecule has 4 heterocycles. The van der Waals surface area contributed by atoms with Crippen molar-refractivity contribution >= 4 is 29.2 Å². The van der Waals surface area contributed by atoms with E-state index in [2.05, 4.69) is 20.0 Å². The molecule has 0 N–H and O–H groups in total. The molecule has 2 fully saturated rings. The number of nitrogens with zero attached hydrogens (tertiary/aromatic N) is 6. The lowest BCUT2D eigenvalue weighted by molar-refractivity contribution is -0.135. The number of hydrogen-bond acceptors (Lipinski definition) is 8. The third kappa shape index (κ3) is 3.91. The van der Waals surface area contributed by atoms with Gasteiger partial charge in [-0.05, 0) is 19.1 Å². The van der Waals surface area contributed by atoms with Crippen LogP contribution in [0.1, 0.15) is 27.6 Å². The van der Waals surface area contributed by atoms with Gasteiger partial charge < -0.3 is 19.4 Å². The summed E-state index contributed by atoms with van der Waals surface area (Å²) in [4.78, 5) is 45.8. The predicted molar refractivity (Wildman–Crippen MR) is 120 cm³/mol. The predicted octanol–water partition coefficient (Wildman–Crippen LogP) is 0.647. The van der Waals surface area contributed by atoms with Crippen LogP contribution in [0, 0.1) is 0 Å². The highest BCUT2D eigenvalue weighted by Gasteiger charge is 2.42. The lowest BCUT2D eigenvalue weighted by atomic mass is 10.1. The normalized spacial score (nSPS) is 19.7. The van der Waals surface area contributed by atoms with E-state index < -0.39 is 17.9 Å². The summed E-state index contributed by atoms with van der Waals surface area (Å²) in [6, 6.07) is 7.87. The number of morpholine rings is 1. The van der Waals surface area contributed by atoms with Gasteiger partial charge in [-0.2, -0.15) is 5.10 Å². The average Bonchev–Trinajstić information content (AvgIpc) is 3.14. The maximum Gasteiger partial charge on any atom is 0.262 e. The number of carbonyl (C=O) groups is 3. The molecule has 10 heteroatoms. The van der Waals surface area contributed by atoms with Crippen LogP contribution in [-0.4, -0.2) is 96.2 Å². The van der Waals surface area contributed by atoms with Gasteiger partial charge in [0.2, 0.25) is 5.91 Å². The fourth-order valence-corrected chi connectivity index (χ4v) is 4.58. The molecule has 0 radical (unpaired) electrons. The minimum Gasteiger partial charge on any atom is -0.378 e. The standard InChI is InChI=1S/C23H26N6O4/c1-16(29-22(31)18-4-2-3-5-19(18)23(29)32)21(30)28-8-6-26(7-9-28)17-14-20(25-24-15-17)27-10-12-33-13-11-27/h2-5,14-16H,6-13H2,1H3. The molecule has 2 aromatic rings. The van der Waals surface area contributed by atoms with Crippen molar-refractivity contribution < 1.29 is 19.1 Å². The van der Waals surface area contributed by atoms with Gasteiger partial charge in [0, 0.05) is 45.3 Å². The van der Waals surface area contributed by atoms with E-state index in [0.29, 0.717) is 50.5 Å². The van der Waals surface area contributed by atoms with Crippen molar-refractivity contribution in [2.75, 3.05) is 62.3 Å². The molecule has 1 unspecified atom stereocenters. The molecule has 10 nitrogen and oxygen atoms in total. The van der Waals surface area contributed by atoms with Crippen molar-refractivity contribution in [2.45, 2.75) is 13.0 Å². The van der Waals surface area contributed by atoms with Gasteiger partial charge in [-0.1, -0.05) is 12.1 Å². The van der Waals surface area contributed by atoms with Gasteiger partial charge in [-0.25, -0.2) is 0 Å². The van der Waals surface area contributed by atoms with Crippen molar-refractivity contribution in [3.8, 4) is 0 Å². The Balaban J connectivity index is 1.22. The van der Waals surface area contributed by atoms with Crippen molar-refractivity contribution in [1.82, 2.24) is 20.0 Å². The molecule has 1 atom stereocenters. The SMILES string of the molecule is CC(C(=O)N1CCN(c2cnnc(N3CCOCC3)c2)CC1)N1C(=O)c2ccccc2C1=O. The van der Waals surface area contributed by atoms with Gasteiger partial charge in [-0.15, -0.1) is 5.10 Å². The number of hydrogen-bond donors (Lipinski definition) is 0. The first-order chi connectivity index (χ1) is 16.0. The molecule has 2 saturated heterocycles. The van der Waals surface area contributed by atoms with Crippen molar-refractivity contribution in [3.05, 3.63) is 47.7 Å². The third-order valence-corrected chi connectivity index (χ3v) is 6.49. The van der Waals surface area contributed by atoms with Crippen LogP contribution < -0.4 is 9.80 Å². The molecular formula is C23H26N6O4. The van der Waals surface area contributed by atoms with Crippen LogP contribution in [0.4, 0.5) is 11.5 Å². The smallest absolute Gasteiger partial charge is 0.262 e. The van der Waals surface area contributed by atoms with Crippen LogP contribution in [-0.2, 0) is 9.53 Å². The second-order valence-corrected chi connectivity index (χ2v) is 8.39. The Morgan fingerprint density at radius 3 is 2.21 bits per heavy atom. The molecule has 1 aromatic heterocycles. The lowest BCUT2D eigenvalue weighted by Crippen LogP contribution is -2.55. The molecule has 5 rings (SSSR count). The van der Waals surface area contributed by atoms with Crippen molar-refractivity contribution in [1.29, 1.82) is 0 Å². The second-order valence-electron chi connectivity index (χ2n) is 8.39. The minimum absolute atomic E-state index is 0.217. The summed E-state index contributed by atoms with van der Waals surface area (Å²) in [5.74, 6) is -0.207. The number of fused-ring (bicyclic) bond motifs is 1. The van der Waals surface area contributed by atoms with E-state index >= 15 is 0 Å². The van der Waals surface area contributed by atoms with Crippen molar-refractivity contribution in [2.24, 2.45) is 0 Å².